The van der Waals surface area contributed by atoms with Gasteiger partial charge in [-0.15, -0.1) is 13.2 Å². The maximum Gasteiger partial charge on any atom is 0.573 e. The molecule has 4 nitrogen and oxygen atoms in total. The number of carbonyl (C=O) groups is 1. The molecule has 0 N–H and O–H groups in total. The molecule has 2 aromatic rings. The predicted octanol–water partition coefficient (Wildman–Crippen LogP) is 3.80. The van der Waals surface area contributed by atoms with E-state index >= 15 is 0 Å². The number of rotatable bonds is 5. The van der Waals surface area contributed by atoms with Crippen LogP contribution in [0.2, 0.25) is 0 Å². The highest BCUT2D eigenvalue weighted by atomic mass is 19.4. The number of alkyl halides is 3. The van der Waals surface area contributed by atoms with Gasteiger partial charge >= 0.3 is 6.36 Å². The number of ether oxygens (including phenoxy) is 1. The smallest absolute Gasteiger partial charge is 0.406 e. The number of fused-ring (bicyclic) bond motifs is 1. The van der Waals surface area contributed by atoms with Gasteiger partial charge in [0.2, 0.25) is 0 Å². The fourth-order valence-electron chi connectivity index (χ4n) is 3.04. The second kappa shape index (κ2) is 6.99. The lowest BCUT2D eigenvalue weighted by atomic mass is 10.1. The van der Waals surface area contributed by atoms with Crippen LogP contribution in [0.1, 0.15) is 27.0 Å². The molecule has 0 radical (unpaired) electrons. The van der Waals surface area contributed by atoms with E-state index in [0.717, 1.165) is 23.2 Å². The SMILES string of the molecule is CN(C)Cc1ccc2c(c1)CN(Cc1ccc(OC(F)(F)F)cc1)C2=O. The van der Waals surface area contributed by atoms with Gasteiger partial charge in [-0.3, -0.25) is 4.79 Å². The molecule has 138 valence electrons. The molecule has 1 aliphatic rings. The molecule has 26 heavy (non-hydrogen) atoms. The minimum absolute atomic E-state index is 0.0629. The maximum atomic E-state index is 12.5. The van der Waals surface area contributed by atoms with Crippen LogP contribution >= 0.6 is 0 Å². The standard InChI is InChI=1S/C19H19F3N2O2/c1-23(2)10-14-5-8-17-15(9-14)12-24(18(17)25)11-13-3-6-16(7-4-13)26-19(20,21)22/h3-9H,10-12H2,1-2H3. The Hall–Kier alpha value is -2.54. The Labute approximate surface area is 149 Å². The summed E-state index contributed by atoms with van der Waals surface area (Å²) in [5.41, 5.74) is 3.54. The first-order valence-corrected chi connectivity index (χ1v) is 8.12. The Morgan fingerprint density at radius 3 is 2.35 bits per heavy atom. The summed E-state index contributed by atoms with van der Waals surface area (Å²) in [4.78, 5) is 16.3. The van der Waals surface area contributed by atoms with E-state index in [2.05, 4.69) is 9.64 Å². The first kappa shape index (κ1) is 18.3. The normalized spacial score (nSPS) is 14.1. The summed E-state index contributed by atoms with van der Waals surface area (Å²) in [6, 6.07) is 11.4. The van der Waals surface area contributed by atoms with E-state index in [1.54, 1.807) is 4.90 Å². The molecule has 1 aliphatic heterocycles. The van der Waals surface area contributed by atoms with Gasteiger partial charge in [0, 0.05) is 25.2 Å². The molecule has 1 heterocycles. The van der Waals surface area contributed by atoms with Crippen LogP contribution in [-0.2, 0) is 19.6 Å². The highest BCUT2D eigenvalue weighted by Crippen LogP contribution is 2.27. The van der Waals surface area contributed by atoms with Gasteiger partial charge in [-0.25, -0.2) is 0 Å². The predicted molar refractivity (Wildman–Crippen MR) is 90.5 cm³/mol. The zero-order chi connectivity index (χ0) is 18.9. The summed E-state index contributed by atoms with van der Waals surface area (Å²) in [5.74, 6) is -0.336. The highest BCUT2D eigenvalue weighted by molar-refractivity contribution is 5.98. The van der Waals surface area contributed by atoms with Crippen LogP contribution in [0.15, 0.2) is 42.5 Å². The molecule has 3 rings (SSSR count). The van der Waals surface area contributed by atoms with Crippen molar-refractivity contribution in [3.05, 3.63) is 64.7 Å². The number of benzene rings is 2. The van der Waals surface area contributed by atoms with Crippen LogP contribution in [0.25, 0.3) is 0 Å². The number of hydrogen-bond acceptors (Lipinski definition) is 3. The third kappa shape index (κ3) is 4.35. The van der Waals surface area contributed by atoms with Crippen LogP contribution in [0.5, 0.6) is 5.75 Å². The van der Waals surface area contributed by atoms with Crippen LogP contribution in [-0.4, -0.2) is 36.2 Å². The third-order valence-electron chi connectivity index (χ3n) is 4.08. The molecule has 0 saturated heterocycles. The molecule has 0 fully saturated rings. The molecule has 0 aromatic heterocycles. The first-order chi connectivity index (χ1) is 12.2. The van der Waals surface area contributed by atoms with Gasteiger partial charge in [0.15, 0.2) is 0 Å². The molecule has 0 atom stereocenters. The summed E-state index contributed by atoms with van der Waals surface area (Å²) >= 11 is 0. The van der Waals surface area contributed by atoms with Gasteiger partial charge in [-0.05, 0) is 49.0 Å². The Bertz CT molecular complexity index is 801. The number of halogens is 3. The van der Waals surface area contributed by atoms with Crippen molar-refractivity contribution in [2.45, 2.75) is 26.0 Å². The minimum Gasteiger partial charge on any atom is -0.406 e. The molecule has 2 aromatic carbocycles. The van der Waals surface area contributed by atoms with Gasteiger partial charge in [0.25, 0.3) is 5.91 Å². The van der Waals surface area contributed by atoms with Crippen LogP contribution in [0.3, 0.4) is 0 Å². The van der Waals surface area contributed by atoms with E-state index in [-0.39, 0.29) is 11.7 Å². The lowest BCUT2D eigenvalue weighted by Crippen LogP contribution is -2.23. The van der Waals surface area contributed by atoms with Crippen LogP contribution < -0.4 is 4.74 Å². The molecule has 0 saturated carbocycles. The number of amides is 1. The average Bonchev–Trinajstić information content (AvgIpc) is 2.83. The fraction of sp³-hybridized carbons (Fsp3) is 0.316. The first-order valence-electron chi connectivity index (χ1n) is 8.12. The van der Waals surface area contributed by atoms with Gasteiger partial charge in [-0.1, -0.05) is 24.3 Å². The maximum absolute atomic E-state index is 12.5. The van der Waals surface area contributed by atoms with Crippen molar-refractivity contribution < 1.29 is 22.7 Å². The van der Waals surface area contributed by atoms with Crippen molar-refractivity contribution >= 4 is 5.91 Å². The molecule has 0 spiro atoms. The number of hydrogen-bond donors (Lipinski definition) is 0. The van der Waals surface area contributed by atoms with E-state index in [4.69, 9.17) is 0 Å². The molecule has 0 bridgehead atoms. The lowest BCUT2D eigenvalue weighted by molar-refractivity contribution is -0.274. The van der Waals surface area contributed by atoms with Crippen molar-refractivity contribution in [2.24, 2.45) is 0 Å². The van der Waals surface area contributed by atoms with E-state index in [9.17, 15) is 18.0 Å². The average molecular weight is 364 g/mol. The lowest BCUT2D eigenvalue weighted by Gasteiger charge is -2.16. The second-order valence-electron chi connectivity index (χ2n) is 6.58. The minimum atomic E-state index is -4.71. The summed E-state index contributed by atoms with van der Waals surface area (Å²) in [5, 5.41) is 0. The van der Waals surface area contributed by atoms with Gasteiger partial charge < -0.3 is 14.5 Å². The fourth-order valence-corrected chi connectivity index (χ4v) is 3.04. The van der Waals surface area contributed by atoms with Gasteiger partial charge in [0.05, 0.1) is 0 Å². The summed E-state index contributed by atoms with van der Waals surface area (Å²) < 4.78 is 40.5. The van der Waals surface area contributed by atoms with E-state index in [1.807, 2.05) is 32.3 Å². The van der Waals surface area contributed by atoms with Gasteiger partial charge in [0.1, 0.15) is 5.75 Å². The van der Waals surface area contributed by atoms with Crippen molar-refractivity contribution in [3.63, 3.8) is 0 Å². The Kier molecular flexibility index (Phi) is 4.91. The molecular formula is C19H19F3N2O2. The quantitative estimate of drug-likeness (QED) is 0.809. The van der Waals surface area contributed by atoms with E-state index < -0.39 is 6.36 Å². The third-order valence-corrected chi connectivity index (χ3v) is 4.08. The van der Waals surface area contributed by atoms with E-state index in [1.165, 1.54) is 24.3 Å². The van der Waals surface area contributed by atoms with Crippen molar-refractivity contribution in [1.29, 1.82) is 0 Å². The molecule has 0 unspecified atom stereocenters. The van der Waals surface area contributed by atoms with Crippen molar-refractivity contribution in [1.82, 2.24) is 9.80 Å². The Morgan fingerprint density at radius 1 is 1.08 bits per heavy atom. The van der Waals surface area contributed by atoms with Crippen molar-refractivity contribution in [3.8, 4) is 5.75 Å². The van der Waals surface area contributed by atoms with Crippen LogP contribution in [0.4, 0.5) is 13.2 Å². The molecular weight excluding hydrogens is 345 g/mol. The largest absolute Gasteiger partial charge is 0.573 e. The van der Waals surface area contributed by atoms with Crippen molar-refractivity contribution in [2.75, 3.05) is 14.1 Å². The van der Waals surface area contributed by atoms with E-state index in [0.29, 0.717) is 18.7 Å². The summed E-state index contributed by atoms with van der Waals surface area (Å²) in [6.07, 6.45) is -4.71. The van der Waals surface area contributed by atoms with Crippen LogP contribution in [0, 0.1) is 0 Å². The Balaban J connectivity index is 1.68. The zero-order valence-electron chi connectivity index (χ0n) is 14.5. The topological polar surface area (TPSA) is 32.8 Å². The molecule has 7 heteroatoms. The number of nitrogens with zero attached hydrogens (tertiary/aromatic N) is 2. The monoisotopic (exact) mass is 364 g/mol. The summed E-state index contributed by atoms with van der Waals surface area (Å²) in [7, 11) is 3.97. The van der Waals surface area contributed by atoms with Gasteiger partial charge in [-0.2, -0.15) is 0 Å². The highest BCUT2D eigenvalue weighted by Gasteiger charge is 2.31. The Morgan fingerprint density at radius 2 is 1.73 bits per heavy atom. The summed E-state index contributed by atoms with van der Waals surface area (Å²) in [6.45, 7) is 1.63. The molecule has 0 aliphatic carbocycles. The zero-order valence-corrected chi connectivity index (χ0v) is 14.5. The second-order valence-corrected chi connectivity index (χ2v) is 6.58. The number of carbonyl (C=O) groups excluding carboxylic acids is 1. The molecule has 1 amide bonds.